The van der Waals surface area contributed by atoms with Gasteiger partial charge >= 0.3 is 0 Å². The number of carbonyl (C=O) groups is 2. The SMILES string of the molecule is CCn1c(=NC(=O)CS(=O)(=O)CC(=O)Nc2nc(-c3ccccc3)cs2)sc2cc(Br)ccc21. The molecular formula is C22H19BrN4O4S3. The molecule has 0 bridgehead atoms. The number of thiazole rings is 2. The minimum absolute atomic E-state index is 0.287. The number of hydrogen-bond donors (Lipinski definition) is 1. The molecule has 0 unspecified atom stereocenters. The molecule has 8 nitrogen and oxygen atoms in total. The third kappa shape index (κ3) is 5.87. The first kappa shape index (κ1) is 24.5. The van der Waals surface area contributed by atoms with E-state index in [1.807, 2.05) is 60.0 Å². The second-order valence-corrected chi connectivity index (χ2v) is 12.1. The maximum absolute atomic E-state index is 12.5. The first-order valence-electron chi connectivity index (χ1n) is 10.1. The van der Waals surface area contributed by atoms with Crippen molar-refractivity contribution < 1.29 is 18.0 Å². The van der Waals surface area contributed by atoms with Gasteiger partial charge in [-0.1, -0.05) is 57.6 Å². The molecule has 0 aliphatic heterocycles. The van der Waals surface area contributed by atoms with Crippen LogP contribution in [0.25, 0.3) is 21.5 Å². The number of halogens is 1. The Hall–Kier alpha value is -2.67. The number of fused-ring (bicyclic) bond motifs is 1. The van der Waals surface area contributed by atoms with Crippen LogP contribution in [-0.2, 0) is 26.0 Å². The van der Waals surface area contributed by atoms with Gasteiger partial charge in [-0.3, -0.25) is 9.59 Å². The average Bonchev–Trinajstić information content (AvgIpc) is 3.36. The van der Waals surface area contributed by atoms with Crippen LogP contribution in [0.4, 0.5) is 5.13 Å². The molecule has 2 aromatic heterocycles. The fourth-order valence-corrected chi connectivity index (χ4v) is 6.66. The van der Waals surface area contributed by atoms with Crippen LogP contribution in [0.15, 0.2) is 63.4 Å². The average molecular weight is 580 g/mol. The van der Waals surface area contributed by atoms with E-state index in [1.165, 1.54) is 22.7 Å². The predicted octanol–water partition coefficient (Wildman–Crippen LogP) is 4.09. The van der Waals surface area contributed by atoms with Gasteiger partial charge in [-0.15, -0.1) is 11.3 Å². The minimum atomic E-state index is -4.01. The predicted molar refractivity (Wildman–Crippen MR) is 139 cm³/mol. The Balaban J connectivity index is 1.43. The van der Waals surface area contributed by atoms with Gasteiger partial charge in [-0.25, -0.2) is 13.4 Å². The summed E-state index contributed by atoms with van der Waals surface area (Å²) in [5, 5.41) is 4.55. The Labute approximate surface area is 212 Å². The van der Waals surface area contributed by atoms with Crippen molar-refractivity contribution in [2.75, 3.05) is 16.8 Å². The molecule has 0 spiro atoms. The van der Waals surface area contributed by atoms with Gasteiger partial charge in [0.1, 0.15) is 11.5 Å². The molecule has 0 saturated heterocycles. The lowest BCUT2D eigenvalue weighted by molar-refractivity contribution is -0.115. The summed E-state index contributed by atoms with van der Waals surface area (Å²) in [4.78, 5) is 33.5. The molecule has 0 radical (unpaired) electrons. The highest BCUT2D eigenvalue weighted by Gasteiger charge is 2.22. The summed E-state index contributed by atoms with van der Waals surface area (Å²) >= 11 is 5.91. The van der Waals surface area contributed by atoms with Gasteiger partial charge in [-0.05, 0) is 25.1 Å². The zero-order valence-electron chi connectivity index (χ0n) is 17.9. The van der Waals surface area contributed by atoms with Crippen LogP contribution in [0.5, 0.6) is 0 Å². The Morgan fingerprint density at radius 3 is 2.65 bits per heavy atom. The van der Waals surface area contributed by atoms with Crippen LogP contribution < -0.4 is 10.1 Å². The van der Waals surface area contributed by atoms with Crippen LogP contribution >= 0.6 is 38.6 Å². The molecular weight excluding hydrogens is 560 g/mol. The maximum Gasteiger partial charge on any atom is 0.263 e. The Kier molecular flexibility index (Phi) is 7.41. The maximum atomic E-state index is 12.5. The van der Waals surface area contributed by atoms with Gasteiger partial charge in [0, 0.05) is 22.0 Å². The second kappa shape index (κ2) is 10.3. The minimum Gasteiger partial charge on any atom is -0.317 e. The number of hydrogen-bond acceptors (Lipinski definition) is 7. The smallest absolute Gasteiger partial charge is 0.263 e. The van der Waals surface area contributed by atoms with Crippen molar-refractivity contribution in [1.82, 2.24) is 9.55 Å². The summed E-state index contributed by atoms with van der Waals surface area (Å²) < 4.78 is 28.6. The number of anilines is 1. The highest BCUT2D eigenvalue weighted by atomic mass is 79.9. The van der Waals surface area contributed by atoms with Crippen molar-refractivity contribution in [2.45, 2.75) is 13.5 Å². The lowest BCUT2D eigenvalue weighted by atomic mass is 10.2. The highest BCUT2D eigenvalue weighted by Crippen LogP contribution is 2.25. The number of benzene rings is 2. The fourth-order valence-electron chi connectivity index (χ4n) is 3.24. The van der Waals surface area contributed by atoms with Gasteiger partial charge in [0.05, 0.1) is 15.9 Å². The zero-order chi connectivity index (χ0) is 24.3. The van der Waals surface area contributed by atoms with Crippen LogP contribution in [0.2, 0.25) is 0 Å². The number of nitrogens with one attached hydrogen (secondary N) is 1. The number of nitrogens with zero attached hydrogens (tertiary/aromatic N) is 3. The zero-order valence-corrected chi connectivity index (χ0v) is 21.9. The molecule has 1 N–H and O–H groups in total. The molecule has 0 fully saturated rings. The third-order valence-corrected chi connectivity index (χ3v) is 8.38. The van der Waals surface area contributed by atoms with Crippen LogP contribution in [0.1, 0.15) is 6.92 Å². The van der Waals surface area contributed by atoms with E-state index < -0.39 is 33.2 Å². The van der Waals surface area contributed by atoms with Gasteiger partial charge in [-0.2, -0.15) is 4.99 Å². The molecule has 2 heterocycles. The van der Waals surface area contributed by atoms with Crippen molar-refractivity contribution in [3.05, 3.63) is 63.2 Å². The van der Waals surface area contributed by atoms with E-state index in [0.29, 0.717) is 17.0 Å². The van der Waals surface area contributed by atoms with E-state index in [9.17, 15) is 18.0 Å². The standard InChI is InChI=1S/C22H19BrN4O4S3/c1-2-27-17-9-8-15(23)10-18(17)33-22(27)26-20(29)13-34(30,31)12-19(28)25-21-24-16(11-32-21)14-6-4-3-5-7-14/h3-11H,2,12-13H2,1H3,(H,24,25,28). The fraction of sp³-hybridized carbons (Fsp3) is 0.182. The number of aromatic nitrogens is 2. The van der Waals surface area contributed by atoms with E-state index in [2.05, 4.69) is 31.2 Å². The van der Waals surface area contributed by atoms with Gasteiger partial charge in [0.15, 0.2) is 19.8 Å². The lowest BCUT2D eigenvalue weighted by Crippen LogP contribution is -2.28. The molecule has 34 heavy (non-hydrogen) atoms. The number of rotatable bonds is 7. The second-order valence-electron chi connectivity index (χ2n) is 7.23. The molecule has 0 aliphatic carbocycles. The quantitative estimate of drug-likeness (QED) is 0.355. The monoisotopic (exact) mass is 578 g/mol. The summed E-state index contributed by atoms with van der Waals surface area (Å²) in [6.45, 7) is 2.49. The molecule has 0 atom stereocenters. The highest BCUT2D eigenvalue weighted by molar-refractivity contribution is 9.10. The summed E-state index contributed by atoms with van der Waals surface area (Å²) in [7, 11) is -4.01. The Morgan fingerprint density at radius 2 is 1.91 bits per heavy atom. The van der Waals surface area contributed by atoms with E-state index in [1.54, 1.807) is 5.38 Å². The van der Waals surface area contributed by atoms with Crippen LogP contribution in [0, 0.1) is 0 Å². The molecule has 0 saturated carbocycles. The Bertz CT molecular complexity index is 1540. The van der Waals surface area contributed by atoms with Crippen LogP contribution in [0.3, 0.4) is 0 Å². The van der Waals surface area contributed by atoms with Gasteiger partial charge in [0.2, 0.25) is 5.91 Å². The van der Waals surface area contributed by atoms with Crippen LogP contribution in [-0.4, -0.2) is 41.3 Å². The van der Waals surface area contributed by atoms with Crippen molar-refractivity contribution in [1.29, 1.82) is 0 Å². The first-order chi connectivity index (χ1) is 16.2. The number of aryl methyl sites for hydroxylation is 1. The van der Waals surface area contributed by atoms with E-state index in [4.69, 9.17) is 0 Å². The summed E-state index contributed by atoms with van der Waals surface area (Å²) in [6, 6.07) is 15.1. The summed E-state index contributed by atoms with van der Waals surface area (Å²) in [6.07, 6.45) is 0. The largest absolute Gasteiger partial charge is 0.317 e. The molecule has 176 valence electrons. The lowest BCUT2D eigenvalue weighted by Gasteiger charge is -2.03. The summed E-state index contributed by atoms with van der Waals surface area (Å²) in [5.74, 6) is -3.25. The molecule has 4 rings (SSSR count). The van der Waals surface area contributed by atoms with Crippen molar-refractivity contribution in [2.24, 2.45) is 4.99 Å². The molecule has 2 aromatic carbocycles. The number of carbonyl (C=O) groups excluding carboxylic acids is 2. The first-order valence-corrected chi connectivity index (χ1v) is 14.4. The Morgan fingerprint density at radius 1 is 1.15 bits per heavy atom. The molecule has 0 aliphatic rings. The van der Waals surface area contributed by atoms with Gasteiger partial charge in [0.25, 0.3) is 5.91 Å². The van der Waals surface area contributed by atoms with Crippen molar-refractivity contribution >= 4 is 75.6 Å². The van der Waals surface area contributed by atoms with E-state index >= 15 is 0 Å². The molecule has 4 aromatic rings. The van der Waals surface area contributed by atoms with E-state index in [0.717, 1.165) is 20.3 Å². The third-order valence-electron chi connectivity index (χ3n) is 4.70. The topological polar surface area (TPSA) is 110 Å². The van der Waals surface area contributed by atoms with Crippen molar-refractivity contribution in [3.8, 4) is 11.3 Å². The number of sulfone groups is 1. The molecule has 2 amide bonds. The summed E-state index contributed by atoms with van der Waals surface area (Å²) in [5.41, 5.74) is 2.47. The van der Waals surface area contributed by atoms with E-state index in [-0.39, 0.29) is 5.13 Å². The normalized spacial score (nSPS) is 12.2. The molecule has 12 heteroatoms. The van der Waals surface area contributed by atoms with Gasteiger partial charge < -0.3 is 9.88 Å². The number of amides is 2. The van der Waals surface area contributed by atoms with Crippen molar-refractivity contribution in [3.63, 3.8) is 0 Å².